The molecule has 35 heavy (non-hydrogen) atoms. The maximum absolute atomic E-state index is 13.3. The Hall–Kier alpha value is -3.62. The largest absolute Gasteiger partial charge is 0.493 e. The summed E-state index contributed by atoms with van der Waals surface area (Å²) < 4.78 is 27.8. The number of amides is 2. The highest BCUT2D eigenvalue weighted by Gasteiger charge is 2.28. The van der Waals surface area contributed by atoms with E-state index in [1.807, 2.05) is 20.8 Å². The van der Waals surface area contributed by atoms with Crippen molar-refractivity contribution in [2.75, 3.05) is 60.2 Å². The molecule has 0 radical (unpaired) electrons. The Balaban J connectivity index is 1.73. The molecular formula is C26H34N2O7. The third-order valence-corrected chi connectivity index (χ3v) is 5.64. The van der Waals surface area contributed by atoms with E-state index in [0.29, 0.717) is 85.9 Å². The van der Waals surface area contributed by atoms with Crippen LogP contribution in [0.2, 0.25) is 0 Å². The fourth-order valence-electron chi connectivity index (χ4n) is 3.96. The molecule has 0 atom stereocenters. The van der Waals surface area contributed by atoms with Gasteiger partial charge in [0, 0.05) is 37.3 Å². The molecule has 0 bridgehead atoms. The highest BCUT2D eigenvalue weighted by Crippen LogP contribution is 2.39. The van der Waals surface area contributed by atoms with Gasteiger partial charge in [-0.05, 0) is 51.1 Å². The summed E-state index contributed by atoms with van der Waals surface area (Å²) in [5.74, 6) is 2.25. The summed E-state index contributed by atoms with van der Waals surface area (Å²) in [6.07, 6.45) is 0. The monoisotopic (exact) mass is 486 g/mol. The third-order valence-electron chi connectivity index (χ3n) is 5.64. The average molecular weight is 487 g/mol. The van der Waals surface area contributed by atoms with E-state index in [1.165, 1.54) is 7.11 Å². The lowest BCUT2D eigenvalue weighted by molar-refractivity contribution is 0.0535. The highest BCUT2D eigenvalue weighted by molar-refractivity contribution is 5.97. The molecule has 1 heterocycles. The molecular weight excluding hydrogens is 452 g/mol. The summed E-state index contributed by atoms with van der Waals surface area (Å²) in [5, 5.41) is 0. The van der Waals surface area contributed by atoms with E-state index in [1.54, 1.807) is 47.2 Å². The van der Waals surface area contributed by atoms with Crippen molar-refractivity contribution < 1.29 is 33.3 Å². The Morgan fingerprint density at radius 2 is 1.11 bits per heavy atom. The van der Waals surface area contributed by atoms with Crippen LogP contribution in [0.5, 0.6) is 28.7 Å². The van der Waals surface area contributed by atoms with Crippen molar-refractivity contribution in [1.82, 2.24) is 9.80 Å². The third kappa shape index (κ3) is 5.90. The van der Waals surface area contributed by atoms with Gasteiger partial charge < -0.3 is 33.5 Å². The normalized spacial score (nSPS) is 13.3. The number of piperazine rings is 1. The van der Waals surface area contributed by atoms with Crippen LogP contribution in [0.1, 0.15) is 41.5 Å². The van der Waals surface area contributed by atoms with Gasteiger partial charge in [0.25, 0.3) is 11.8 Å². The predicted molar refractivity (Wildman–Crippen MR) is 131 cm³/mol. The number of nitrogens with zero attached hydrogens (tertiary/aromatic N) is 2. The van der Waals surface area contributed by atoms with Gasteiger partial charge in [0.15, 0.2) is 23.0 Å². The number of rotatable bonds is 10. The maximum atomic E-state index is 13.3. The zero-order valence-electron chi connectivity index (χ0n) is 21.1. The number of carbonyl (C=O) groups is 2. The number of methoxy groups -OCH3 is 2. The summed E-state index contributed by atoms with van der Waals surface area (Å²) in [7, 11) is 3.08. The van der Waals surface area contributed by atoms with Gasteiger partial charge in [-0.2, -0.15) is 0 Å². The average Bonchev–Trinajstić information content (AvgIpc) is 2.89. The molecule has 2 amide bonds. The SMILES string of the molecule is CCOc1cc(C(=O)N2CCN(C(=O)c3ccc(OC)c(OC)c3)CC2)cc(OCC)c1OCC. The summed E-state index contributed by atoms with van der Waals surface area (Å²) in [4.78, 5) is 29.8. The summed E-state index contributed by atoms with van der Waals surface area (Å²) >= 11 is 0. The standard InChI is InChI=1S/C26H34N2O7/c1-6-33-22-16-19(17-23(34-7-2)24(22)35-8-3)26(30)28-13-11-27(12-14-28)25(29)18-9-10-20(31-4)21(15-18)32-5/h9-10,15-17H,6-8,11-14H2,1-5H3. The molecule has 1 aliphatic heterocycles. The van der Waals surface area contributed by atoms with E-state index in [4.69, 9.17) is 23.7 Å². The smallest absolute Gasteiger partial charge is 0.254 e. The van der Waals surface area contributed by atoms with Crippen LogP contribution in [0.25, 0.3) is 0 Å². The Bertz CT molecular complexity index is 1010. The fraction of sp³-hybridized carbons (Fsp3) is 0.462. The second-order valence-corrected chi connectivity index (χ2v) is 7.75. The van der Waals surface area contributed by atoms with Gasteiger partial charge in [-0.3, -0.25) is 9.59 Å². The number of benzene rings is 2. The highest BCUT2D eigenvalue weighted by atomic mass is 16.5. The van der Waals surface area contributed by atoms with Crippen LogP contribution in [0.15, 0.2) is 30.3 Å². The quantitative estimate of drug-likeness (QED) is 0.508. The first-order valence-corrected chi connectivity index (χ1v) is 11.8. The van der Waals surface area contributed by atoms with Gasteiger partial charge in [-0.25, -0.2) is 0 Å². The molecule has 2 aromatic carbocycles. The number of hydrogen-bond donors (Lipinski definition) is 0. The summed E-state index contributed by atoms with van der Waals surface area (Å²) in [6.45, 7) is 8.62. The molecule has 1 aliphatic rings. The van der Waals surface area contributed by atoms with E-state index < -0.39 is 0 Å². The molecule has 0 N–H and O–H groups in total. The topological polar surface area (TPSA) is 86.8 Å². The number of carbonyl (C=O) groups excluding carboxylic acids is 2. The van der Waals surface area contributed by atoms with Crippen molar-refractivity contribution in [2.24, 2.45) is 0 Å². The number of hydrogen-bond acceptors (Lipinski definition) is 7. The predicted octanol–water partition coefficient (Wildman–Crippen LogP) is 3.50. The van der Waals surface area contributed by atoms with Crippen molar-refractivity contribution in [1.29, 1.82) is 0 Å². The van der Waals surface area contributed by atoms with Crippen LogP contribution < -0.4 is 23.7 Å². The number of ether oxygens (including phenoxy) is 5. The minimum Gasteiger partial charge on any atom is -0.493 e. The zero-order chi connectivity index (χ0) is 25.4. The van der Waals surface area contributed by atoms with Gasteiger partial charge in [-0.1, -0.05) is 0 Å². The van der Waals surface area contributed by atoms with Gasteiger partial charge in [-0.15, -0.1) is 0 Å². The first kappa shape index (κ1) is 26.0. The van der Waals surface area contributed by atoms with Crippen molar-refractivity contribution in [3.63, 3.8) is 0 Å². The first-order valence-electron chi connectivity index (χ1n) is 11.8. The molecule has 0 aliphatic carbocycles. The van der Waals surface area contributed by atoms with Crippen LogP contribution in [-0.4, -0.2) is 81.8 Å². The van der Waals surface area contributed by atoms with E-state index in [9.17, 15) is 9.59 Å². The van der Waals surface area contributed by atoms with Gasteiger partial charge in [0.2, 0.25) is 5.75 Å². The van der Waals surface area contributed by atoms with E-state index in [-0.39, 0.29) is 11.8 Å². The van der Waals surface area contributed by atoms with Crippen LogP contribution in [0, 0.1) is 0 Å². The van der Waals surface area contributed by atoms with Gasteiger partial charge >= 0.3 is 0 Å². The Morgan fingerprint density at radius 1 is 0.657 bits per heavy atom. The summed E-state index contributed by atoms with van der Waals surface area (Å²) in [5.41, 5.74) is 0.969. The molecule has 9 nitrogen and oxygen atoms in total. The molecule has 1 saturated heterocycles. The van der Waals surface area contributed by atoms with Crippen LogP contribution in [0.3, 0.4) is 0 Å². The van der Waals surface area contributed by atoms with Gasteiger partial charge in [0.05, 0.1) is 34.0 Å². The Labute approximate surface area is 206 Å². The lowest BCUT2D eigenvalue weighted by atomic mass is 10.1. The molecule has 0 spiro atoms. The summed E-state index contributed by atoms with van der Waals surface area (Å²) in [6, 6.07) is 8.49. The molecule has 3 rings (SSSR count). The second kappa shape index (κ2) is 12.2. The van der Waals surface area contributed by atoms with Crippen molar-refractivity contribution in [3.05, 3.63) is 41.5 Å². The zero-order valence-corrected chi connectivity index (χ0v) is 21.1. The first-order chi connectivity index (χ1) is 17.0. The molecule has 9 heteroatoms. The fourth-order valence-corrected chi connectivity index (χ4v) is 3.96. The van der Waals surface area contributed by atoms with Crippen LogP contribution >= 0.6 is 0 Å². The molecule has 0 unspecified atom stereocenters. The van der Waals surface area contributed by atoms with E-state index in [2.05, 4.69) is 0 Å². The molecule has 2 aromatic rings. The van der Waals surface area contributed by atoms with Crippen molar-refractivity contribution in [2.45, 2.75) is 20.8 Å². The minimum atomic E-state index is -0.145. The molecule has 0 saturated carbocycles. The molecule has 0 aromatic heterocycles. The van der Waals surface area contributed by atoms with E-state index in [0.717, 1.165) is 0 Å². The van der Waals surface area contributed by atoms with E-state index >= 15 is 0 Å². The second-order valence-electron chi connectivity index (χ2n) is 7.75. The van der Waals surface area contributed by atoms with Crippen molar-refractivity contribution >= 4 is 11.8 Å². The van der Waals surface area contributed by atoms with Crippen molar-refractivity contribution in [3.8, 4) is 28.7 Å². The van der Waals surface area contributed by atoms with Crippen LogP contribution in [0.4, 0.5) is 0 Å². The minimum absolute atomic E-state index is 0.114. The lowest BCUT2D eigenvalue weighted by Gasteiger charge is -2.35. The maximum Gasteiger partial charge on any atom is 0.254 e. The van der Waals surface area contributed by atoms with Crippen LogP contribution in [-0.2, 0) is 0 Å². The molecule has 1 fully saturated rings. The lowest BCUT2D eigenvalue weighted by Crippen LogP contribution is -2.50. The Kier molecular flexibility index (Phi) is 9.05. The Morgan fingerprint density at radius 3 is 1.57 bits per heavy atom. The van der Waals surface area contributed by atoms with Gasteiger partial charge in [0.1, 0.15) is 0 Å². The molecule has 190 valence electrons.